The van der Waals surface area contributed by atoms with Crippen molar-refractivity contribution in [2.75, 3.05) is 32.5 Å². The van der Waals surface area contributed by atoms with Gasteiger partial charge in [-0.05, 0) is 31.7 Å². The molecule has 2 aromatic heterocycles. The van der Waals surface area contributed by atoms with Crippen LogP contribution in [0.1, 0.15) is 15.2 Å². The fourth-order valence-electron chi connectivity index (χ4n) is 2.29. The smallest absolute Gasteiger partial charge is 0.263 e. The molecule has 0 saturated carbocycles. The number of anilines is 2. The average molecular weight is 433 g/mol. The lowest BCUT2D eigenvalue weighted by Crippen LogP contribution is -2.32. The topological polar surface area (TPSA) is 57.3 Å². The van der Waals surface area contributed by atoms with Gasteiger partial charge in [0.25, 0.3) is 5.91 Å². The first kappa shape index (κ1) is 22.7. The summed E-state index contributed by atoms with van der Waals surface area (Å²) in [7, 11) is 3.71. The van der Waals surface area contributed by atoms with Gasteiger partial charge in [0.15, 0.2) is 5.13 Å². The number of para-hydroxylation sites is 1. The summed E-state index contributed by atoms with van der Waals surface area (Å²) in [5.41, 5.74) is 2.24. The minimum Gasteiger partial charge on any atom is -0.340 e. The summed E-state index contributed by atoms with van der Waals surface area (Å²) in [5, 5.41) is 7.26. The number of nitrogens with one attached hydrogen (secondary N) is 2. The third-order valence-electron chi connectivity index (χ3n) is 3.73. The van der Waals surface area contributed by atoms with E-state index in [-0.39, 0.29) is 30.7 Å². The number of likely N-dealkylation sites (N-methyl/N-ethyl adjacent to an activating group) is 2. The second kappa shape index (κ2) is 10.1. The molecule has 2 heterocycles. The molecular weight excluding hydrogens is 411 g/mol. The summed E-state index contributed by atoms with van der Waals surface area (Å²) in [5.74, 6) is 0.0499. The maximum absolute atomic E-state index is 12.4. The number of fused-ring (bicyclic) bond motifs is 1. The largest absolute Gasteiger partial charge is 0.340 e. The molecule has 3 aromatic rings. The molecule has 26 heavy (non-hydrogen) atoms. The zero-order valence-electron chi connectivity index (χ0n) is 14.7. The number of aromatic nitrogens is 1. The molecule has 0 radical (unpaired) electrons. The normalized spacial score (nSPS) is 10.1. The summed E-state index contributed by atoms with van der Waals surface area (Å²) in [6, 6.07) is 10.1. The molecule has 0 atom stereocenters. The number of rotatable bonds is 6. The van der Waals surface area contributed by atoms with Crippen LogP contribution >= 0.6 is 47.5 Å². The molecule has 0 aliphatic heterocycles. The number of benzene rings is 1. The molecular formula is C17H22Cl2N4OS2. The van der Waals surface area contributed by atoms with Crippen molar-refractivity contribution < 1.29 is 4.79 Å². The molecule has 1 aromatic carbocycles. The summed E-state index contributed by atoms with van der Waals surface area (Å²) in [4.78, 5) is 20.4. The van der Waals surface area contributed by atoms with Gasteiger partial charge < -0.3 is 15.5 Å². The van der Waals surface area contributed by atoms with Crippen molar-refractivity contribution in [3.8, 4) is 0 Å². The Morgan fingerprint density at radius 3 is 2.62 bits per heavy atom. The standard InChI is InChI=1S/C17H20N4OS2.2ClH/c1-11-6-4-5-7-12(11)19-17-20-15-13(24-17)10-14(23-15)16(22)21(3)9-8-18-2;;/h4-7,10,18H,8-9H2,1-3H3,(H,19,20);2*1H. The van der Waals surface area contributed by atoms with Gasteiger partial charge in [-0.1, -0.05) is 29.5 Å². The predicted molar refractivity (Wildman–Crippen MR) is 117 cm³/mol. The molecule has 0 aliphatic carbocycles. The van der Waals surface area contributed by atoms with Crippen molar-refractivity contribution in [1.29, 1.82) is 0 Å². The Balaban J connectivity index is 0.00000169. The van der Waals surface area contributed by atoms with Gasteiger partial charge in [-0.3, -0.25) is 4.79 Å². The summed E-state index contributed by atoms with van der Waals surface area (Å²) < 4.78 is 1.04. The van der Waals surface area contributed by atoms with Crippen LogP contribution in [0.15, 0.2) is 30.3 Å². The van der Waals surface area contributed by atoms with Crippen LogP contribution in [-0.2, 0) is 0 Å². The van der Waals surface area contributed by atoms with Crippen molar-refractivity contribution in [2.45, 2.75) is 6.92 Å². The van der Waals surface area contributed by atoms with Crippen molar-refractivity contribution in [2.24, 2.45) is 0 Å². The molecule has 3 rings (SSSR count). The predicted octanol–water partition coefficient (Wildman–Crippen LogP) is 4.54. The molecule has 2 N–H and O–H groups in total. The van der Waals surface area contributed by atoms with Crippen molar-refractivity contribution in [3.63, 3.8) is 0 Å². The Kier molecular flexibility index (Phi) is 8.79. The van der Waals surface area contributed by atoms with Crippen LogP contribution in [0.25, 0.3) is 9.53 Å². The molecule has 9 heteroatoms. The van der Waals surface area contributed by atoms with Crippen molar-refractivity contribution in [3.05, 3.63) is 40.8 Å². The van der Waals surface area contributed by atoms with E-state index in [1.807, 2.05) is 38.4 Å². The van der Waals surface area contributed by atoms with Gasteiger partial charge in [0.05, 0.1) is 9.58 Å². The Morgan fingerprint density at radius 1 is 1.23 bits per heavy atom. The second-order valence-electron chi connectivity index (χ2n) is 5.57. The van der Waals surface area contributed by atoms with E-state index < -0.39 is 0 Å². The van der Waals surface area contributed by atoms with Crippen molar-refractivity contribution >= 4 is 73.7 Å². The molecule has 0 unspecified atom stereocenters. The third kappa shape index (κ3) is 5.08. The molecule has 142 valence electrons. The average Bonchev–Trinajstić information content (AvgIpc) is 3.12. The monoisotopic (exact) mass is 432 g/mol. The number of hydrogen-bond donors (Lipinski definition) is 2. The maximum atomic E-state index is 12.4. The molecule has 0 bridgehead atoms. The Labute approximate surface area is 173 Å². The highest BCUT2D eigenvalue weighted by Crippen LogP contribution is 2.35. The van der Waals surface area contributed by atoms with Crippen LogP contribution < -0.4 is 10.6 Å². The van der Waals surface area contributed by atoms with Gasteiger partial charge in [0, 0.05) is 25.8 Å². The first-order valence-electron chi connectivity index (χ1n) is 7.71. The summed E-state index contributed by atoms with van der Waals surface area (Å²) in [6.07, 6.45) is 0. The Morgan fingerprint density at radius 2 is 1.96 bits per heavy atom. The fraction of sp³-hybridized carbons (Fsp3) is 0.294. The maximum Gasteiger partial charge on any atom is 0.263 e. The molecule has 5 nitrogen and oxygen atoms in total. The lowest BCUT2D eigenvalue weighted by atomic mass is 10.2. The fourth-order valence-corrected chi connectivity index (χ4v) is 4.41. The first-order valence-corrected chi connectivity index (χ1v) is 9.35. The lowest BCUT2D eigenvalue weighted by molar-refractivity contribution is 0.0801. The number of thiophene rings is 1. The highest BCUT2D eigenvalue weighted by atomic mass is 35.5. The number of thiazole rings is 1. The van der Waals surface area contributed by atoms with Gasteiger partial charge >= 0.3 is 0 Å². The van der Waals surface area contributed by atoms with E-state index in [0.29, 0.717) is 6.54 Å². The zero-order valence-corrected chi connectivity index (χ0v) is 18.0. The molecule has 1 amide bonds. The van der Waals surface area contributed by atoms with Gasteiger partial charge in [-0.25, -0.2) is 4.98 Å². The number of amides is 1. The quantitative estimate of drug-likeness (QED) is 0.599. The number of carbonyl (C=O) groups is 1. The van der Waals surface area contributed by atoms with E-state index in [4.69, 9.17) is 0 Å². The third-order valence-corrected chi connectivity index (χ3v) is 5.79. The van der Waals surface area contributed by atoms with Crippen molar-refractivity contribution in [1.82, 2.24) is 15.2 Å². The van der Waals surface area contributed by atoms with E-state index in [1.54, 1.807) is 16.2 Å². The van der Waals surface area contributed by atoms with Crippen LogP contribution in [-0.4, -0.2) is 43.0 Å². The molecule has 0 aliphatic rings. The van der Waals surface area contributed by atoms with Gasteiger partial charge in [-0.2, -0.15) is 0 Å². The molecule has 0 saturated heterocycles. The molecule has 0 fully saturated rings. The van der Waals surface area contributed by atoms with Gasteiger partial charge in [0.2, 0.25) is 0 Å². The van der Waals surface area contributed by atoms with Crippen LogP contribution in [0.5, 0.6) is 0 Å². The van der Waals surface area contributed by atoms with E-state index in [9.17, 15) is 4.79 Å². The highest BCUT2D eigenvalue weighted by Gasteiger charge is 2.17. The Hall–Kier alpha value is -1.38. The summed E-state index contributed by atoms with van der Waals surface area (Å²) in [6.45, 7) is 3.54. The Bertz CT molecular complexity index is 834. The van der Waals surface area contributed by atoms with Gasteiger partial charge in [0.1, 0.15) is 4.83 Å². The number of halogens is 2. The second-order valence-corrected chi connectivity index (χ2v) is 7.63. The number of hydrogen-bond acceptors (Lipinski definition) is 6. The van der Waals surface area contributed by atoms with E-state index in [2.05, 4.69) is 28.6 Å². The van der Waals surface area contributed by atoms with Crippen LogP contribution in [0.2, 0.25) is 0 Å². The van der Waals surface area contributed by atoms with Gasteiger partial charge in [-0.15, -0.1) is 36.2 Å². The van der Waals surface area contributed by atoms with Crippen LogP contribution in [0, 0.1) is 6.92 Å². The lowest BCUT2D eigenvalue weighted by Gasteiger charge is -2.15. The number of aryl methyl sites for hydroxylation is 1. The minimum atomic E-state index is 0. The number of carbonyl (C=O) groups excluding carboxylic acids is 1. The van der Waals surface area contributed by atoms with Crippen LogP contribution in [0.3, 0.4) is 0 Å². The number of nitrogens with zero attached hydrogens (tertiary/aromatic N) is 2. The summed E-state index contributed by atoms with van der Waals surface area (Å²) >= 11 is 3.02. The van der Waals surface area contributed by atoms with E-state index in [1.165, 1.54) is 16.9 Å². The zero-order chi connectivity index (χ0) is 17.1. The van der Waals surface area contributed by atoms with E-state index in [0.717, 1.165) is 31.8 Å². The van der Waals surface area contributed by atoms with Crippen LogP contribution in [0.4, 0.5) is 10.8 Å². The molecule has 0 spiro atoms. The highest BCUT2D eigenvalue weighted by molar-refractivity contribution is 7.29. The minimum absolute atomic E-state index is 0. The SMILES string of the molecule is CNCCN(C)C(=O)c1cc2sc(Nc3ccccc3C)nc2s1.Cl.Cl. The first-order chi connectivity index (χ1) is 11.6. The van der Waals surface area contributed by atoms with E-state index >= 15 is 0 Å².